The number of nitrogens with zero attached hydrogens (tertiary/aromatic N) is 2. The number of likely N-dealkylation sites (N-methyl/N-ethyl adjacent to an activating group) is 1. The Kier molecular flexibility index (Phi) is 3.10. The maximum atomic E-state index is 6.10. The van der Waals surface area contributed by atoms with Gasteiger partial charge >= 0.3 is 0 Å². The van der Waals surface area contributed by atoms with Crippen LogP contribution in [-0.2, 0) is 0 Å². The lowest BCUT2D eigenvalue weighted by Crippen LogP contribution is -2.35. The van der Waals surface area contributed by atoms with Gasteiger partial charge in [-0.05, 0) is 39.3 Å². The van der Waals surface area contributed by atoms with Crippen LogP contribution >= 0.6 is 0 Å². The second-order valence-corrected chi connectivity index (χ2v) is 5.19. The molecule has 3 atom stereocenters. The number of hydrogen-bond donors (Lipinski definition) is 1. The van der Waals surface area contributed by atoms with Gasteiger partial charge in [0.1, 0.15) is 0 Å². The van der Waals surface area contributed by atoms with Crippen LogP contribution in [0, 0.1) is 5.92 Å². The van der Waals surface area contributed by atoms with Gasteiger partial charge in [0, 0.05) is 31.7 Å². The Morgan fingerprint density at radius 2 is 2.14 bits per heavy atom. The van der Waals surface area contributed by atoms with Crippen molar-refractivity contribution in [2.24, 2.45) is 11.7 Å². The summed E-state index contributed by atoms with van der Waals surface area (Å²) in [6, 6.07) is 1.33. The molecule has 1 saturated carbocycles. The van der Waals surface area contributed by atoms with E-state index in [-0.39, 0.29) is 0 Å². The Balaban J connectivity index is 1.84. The van der Waals surface area contributed by atoms with Gasteiger partial charge in [-0.15, -0.1) is 0 Å². The van der Waals surface area contributed by atoms with Crippen molar-refractivity contribution in [1.29, 1.82) is 0 Å². The zero-order valence-electron chi connectivity index (χ0n) is 9.45. The fourth-order valence-electron chi connectivity index (χ4n) is 2.86. The fourth-order valence-corrected chi connectivity index (χ4v) is 2.86. The fraction of sp³-hybridized carbons (Fsp3) is 1.00. The first kappa shape index (κ1) is 10.4. The quantitative estimate of drug-likeness (QED) is 0.709. The van der Waals surface area contributed by atoms with Crippen molar-refractivity contribution in [3.8, 4) is 0 Å². The van der Waals surface area contributed by atoms with Gasteiger partial charge in [-0.1, -0.05) is 0 Å². The van der Waals surface area contributed by atoms with Crippen molar-refractivity contribution in [1.82, 2.24) is 9.80 Å². The predicted octanol–water partition coefficient (Wildman–Crippen LogP) is 0.360. The molecule has 0 spiro atoms. The molecule has 2 fully saturated rings. The molecule has 3 unspecified atom stereocenters. The van der Waals surface area contributed by atoms with E-state index in [1.807, 2.05) is 0 Å². The lowest BCUT2D eigenvalue weighted by atomic mass is 9.86. The Morgan fingerprint density at radius 1 is 1.36 bits per heavy atom. The van der Waals surface area contributed by atoms with Gasteiger partial charge in [0.2, 0.25) is 0 Å². The summed E-state index contributed by atoms with van der Waals surface area (Å²) in [4.78, 5) is 4.92. The first-order valence-electron chi connectivity index (χ1n) is 5.81. The van der Waals surface area contributed by atoms with Crippen molar-refractivity contribution in [2.75, 3.05) is 33.7 Å². The van der Waals surface area contributed by atoms with Crippen LogP contribution in [0.4, 0.5) is 0 Å². The first-order valence-corrected chi connectivity index (χ1v) is 5.81. The summed E-state index contributed by atoms with van der Waals surface area (Å²) < 4.78 is 0. The van der Waals surface area contributed by atoms with E-state index in [0.717, 1.165) is 12.0 Å². The SMILES string of the molecule is CN(C)CCN1CC2CC1CCC2N. The molecule has 2 aliphatic rings. The standard InChI is InChI=1S/C11H23N3/c1-13(2)5-6-14-8-9-7-10(14)3-4-11(9)12/h9-11H,3-8,12H2,1-2H3. The van der Waals surface area contributed by atoms with E-state index in [4.69, 9.17) is 5.73 Å². The summed E-state index contributed by atoms with van der Waals surface area (Å²) in [5.74, 6) is 0.788. The third kappa shape index (κ3) is 2.10. The second-order valence-electron chi connectivity index (χ2n) is 5.19. The van der Waals surface area contributed by atoms with Crippen LogP contribution in [0.3, 0.4) is 0 Å². The molecule has 2 N–H and O–H groups in total. The average molecular weight is 197 g/mol. The molecule has 0 amide bonds. The Bertz CT molecular complexity index is 193. The normalized spacial score (nSPS) is 38.1. The highest BCUT2D eigenvalue weighted by atomic mass is 15.2. The third-order valence-corrected chi connectivity index (χ3v) is 3.83. The summed E-state index contributed by atoms with van der Waals surface area (Å²) in [7, 11) is 4.29. The summed E-state index contributed by atoms with van der Waals surface area (Å²) >= 11 is 0. The van der Waals surface area contributed by atoms with E-state index in [0.29, 0.717) is 6.04 Å². The minimum absolute atomic E-state index is 0.482. The Morgan fingerprint density at radius 3 is 2.79 bits per heavy atom. The number of nitrogens with two attached hydrogens (primary N) is 1. The molecule has 2 rings (SSSR count). The Hall–Kier alpha value is -0.120. The molecule has 3 heteroatoms. The highest BCUT2D eigenvalue weighted by Gasteiger charge is 2.38. The van der Waals surface area contributed by atoms with Crippen LogP contribution in [0.5, 0.6) is 0 Å². The molecule has 0 radical (unpaired) electrons. The maximum absolute atomic E-state index is 6.10. The van der Waals surface area contributed by atoms with Crippen molar-refractivity contribution < 1.29 is 0 Å². The average Bonchev–Trinajstić information content (AvgIpc) is 2.48. The maximum Gasteiger partial charge on any atom is 0.0112 e. The van der Waals surface area contributed by atoms with E-state index in [2.05, 4.69) is 23.9 Å². The molecule has 1 saturated heterocycles. The second kappa shape index (κ2) is 4.17. The number of hydrogen-bond acceptors (Lipinski definition) is 3. The van der Waals surface area contributed by atoms with Crippen molar-refractivity contribution in [3.05, 3.63) is 0 Å². The molecular weight excluding hydrogens is 174 g/mol. The van der Waals surface area contributed by atoms with Crippen molar-refractivity contribution >= 4 is 0 Å². The highest BCUT2D eigenvalue weighted by Crippen LogP contribution is 2.34. The van der Waals surface area contributed by atoms with Crippen LogP contribution in [0.25, 0.3) is 0 Å². The topological polar surface area (TPSA) is 32.5 Å². The molecule has 3 nitrogen and oxygen atoms in total. The molecular formula is C11H23N3. The van der Waals surface area contributed by atoms with Gasteiger partial charge in [-0.25, -0.2) is 0 Å². The summed E-state index contributed by atoms with van der Waals surface area (Å²) in [5.41, 5.74) is 6.10. The molecule has 0 aromatic carbocycles. The van der Waals surface area contributed by atoms with Crippen molar-refractivity contribution in [2.45, 2.75) is 31.3 Å². The molecule has 82 valence electrons. The molecule has 14 heavy (non-hydrogen) atoms. The third-order valence-electron chi connectivity index (χ3n) is 3.83. The summed E-state index contributed by atoms with van der Waals surface area (Å²) in [5, 5.41) is 0. The van der Waals surface area contributed by atoms with Crippen LogP contribution in [0.15, 0.2) is 0 Å². The van der Waals surface area contributed by atoms with Gasteiger partial charge in [0.05, 0.1) is 0 Å². The Labute approximate surface area is 87.2 Å². The first-order chi connectivity index (χ1) is 6.66. The van der Waals surface area contributed by atoms with Gasteiger partial charge in [-0.2, -0.15) is 0 Å². The van der Waals surface area contributed by atoms with E-state index in [1.165, 1.54) is 38.9 Å². The van der Waals surface area contributed by atoms with Crippen LogP contribution in [0.1, 0.15) is 19.3 Å². The van der Waals surface area contributed by atoms with E-state index < -0.39 is 0 Å². The molecule has 0 aromatic rings. The zero-order valence-corrected chi connectivity index (χ0v) is 9.45. The van der Waals surface area contributed by atoms with E-state index in [1.54, 1.807) is 0 Å². The lowest BCUT2D eigenvalue weighted by Gasteiger charge is -2.27. The minimum atomic E-state index is 0.482. The molecule has 1 aliphatic carbocycles. The number of fused-ring (bicyclic) bond motifs is 2. The van der Waals surface area contributed by atoms with Gasteiger partial charge in [0.25, 0.3) is 0 Å². The summed E-state index contributed by atoms with van der Waals surface area (Å²) in [6.07, 6.45) is 3.92. The predicted molar refractivity (Wildman–Crippen MR) is 59.2 cm³/mol. The number of likely N-dealkylation sites (tertiary alicyclic amines) is 1. The lowest BCUT2D eigenvalue weighted by molar-refractivity contribution is 0.218. The monoisotopic (exact) mass is 197 g/mol. The highest BCUT2D eigenvalue weighted by molar-refractivity contribution is 4.95. The van der Waals surface area contributed by atoms with Crippen molar-refractivity contribution in [3.63, 3.8) is 0 Å². The van der Waals surface area contributed by atoms with Crippen LogP contribution < -0.4 is 5.73 Å². The van der Waals surface area contributed by atoms with E-state index in [9.17, 15) is 0 Å². The number of rotatable bonds is 3. The molecule has 1 aliphatic heterocycles. The largest absolute Gasteiger partial charge is 0.327 e. The minimum Gasteiger partial charge on any atom is -0.327 e. The molecule has 0 aromatic heterocycles. The van der Waals surface area contributed by atoms with Crippen LogP contribution in [-0.4, -0.2) is 55.6 Å². The summed E-state index contributed by atoms with van der Waals surface area (Å²) in [6.45, 7) is 3.65. The van der Waals surface area contributed by atoms with Gasteiger partial charge < -0.3 is 10.6 Å². The van der Waals surface area contributed by atoms with Gasteiger partial charge in [-0.3, -0.25) is 4.90 Å². The molecule has 1 heterocycles. The van der Waals surface area contributed by atoms with Gasteiger partial charge in [0.15, 0.2) is 0 Å². The van der Waals surface area contributed by atoms with E-state index >= 15 is 0 Å². The zero-order chi connectivity index (χ0) is 10.1. The smallest absolute Gasteiger partial charge is 0.0112 e. The molecule has 2 bridgehead atoms. The van der Waals surface area contributed by atoms with Crippen LogP contribution in [0.2, 0.25) is 0 Å².